The van der Waals surface area contributed by atoms with E-state index in [9.17, 15) is 25.9 Å². The molecule has 0 bridgehead atoms. The van der Waals surface area contributed by atoms with Crippen molar-refractivity contribution in [2.75, 3.05) is 0 Å². The molecular weight excluding hydrogens is 874 g/mol. The predicted octanol–water partition coefficient (Wildman–Crippen LogP) is 13.2. The first kappa shape index (κ1) is 51.9. The third kappa shape index (κ3) is 19.4. The van der Waals surface area contributed by atoms with E-state index >= 15 is 0 Å². The molecule has 0 heterocycles. The SMILES string of the molecule is CCCCCCCc1ccc2cc(S(=O)(=O)[O-])cc(CCCCCCC)c2c1.CCCCCCCc1ccc2cc(S(=O)(=O)[O-])cc(CCCCCCC)c2c1.[Ba+2]. The Balaban J connectivity index is 0.000000387. The standard InChI is InChI=1S/2C24H36O3S.Ba/c2*1-3-5-7-9-11-13-20-15-16-22-19-23(28(25,26)27)18-21(24(22)17-20)14-12-10-8-6-4-2;/h2*15-19H,3-14H2,1-2H3,(H,25,26,27);/q;;+2/p-2. The van der Waals surface area contributed by atoms with Gasteiger partial charge in [-0.3, -0.25) is 0 Å². The Morgan fingerprint density at radius 3 is 0.982 bits per heavy atom. The summed E-state index contributed by atoms with van der Waals surface area (Å²) < 4.78 is 69.5. The normalized spacial score (nSPS) is 11.8. The Kier molecular flexibility index (Phi) is 25.8. The Morgan fingerprint density at radius 2 is 0.684 bits per heavy atom. The van der Waals surface area contributed by atoms with E-state index in [1.807, 2.05) is 12.1 Å². The van der Waals surface area contributed by atoms with Crippen molar-refractivity contribution in [3.05, 3.63) is 82.9 Å². The number of rotatable bonds is 26. The fourth-order valence-corrected chi connectivity index (χ4v) is 8.74. The first-order valence-corrected chi connectivity index (χ1v) is 24.8. The van der Waals surface area contributed by atoms with Crippen LogP contribution < -0.4 is 0 Å². The molecule has 57 heavy (non-hydrogen) atoms. The largest absolute Gasteiger partial charge is 2.00 e. The Morgan fingerprint density at radius 1 is 0.386 bits per heavy atom. The van der Waals surface area contributed by atoms with Gasteiger partial charge in [0.05, 0.1) is 9.79 Å². The first-order valence-electron chi connectivity index (χ1n) is 21.9. The van der Waals surface area contributed by atoms with Crippen molar-refractivity contribution >= 4 is 90.7 Å². The van der Waals surface area contributed by atoms with Crippen molar-refractivity contribution < 1.29 is 25.9 Å². The average molecular weight is 945 g/mol. The predicted molar refractivity (Wildman–Crippen MR) is 239 cm³/mol. The summed E-state index contributed by atoms with van der Waals surface area (Å²) in [6, 6.07) is 18.8. The molecule has 0 aliphatic rings. The molecule has 0 saturated heterocycles. The van der Waals surface area contributed by atoms with Crippen molar-refractivity contribution in [3.8, 4) is 0 Å². The third-order valence-electron chi connectivity index (χ3n) is 11.0. The third-order valence-corrected chi connectivity index (χ3v) is 12.6. The van der Waals surface area contributed by atoms with Crippen LogP contribution in [-0.2, 0) is 45.9 Å². The summed E-state index contributed by atoms with van der Waals surface area (Å²) in [5, 5.41) is 3.92. The van der Waals surface area contributed by atoms with E-state index in [1.165, 1.54) is 126 Å². The molecule has 0 fully saturated rings. The maximum atomic E-state index is 11.6. The molecule has 6 nitrogen and oxygen atoms in total. The van der Waals surface area contributed by atoms with Gasteiger partial charge in [-0.2, -0.15) is 0 Å². The molecule has 0 saturated carbocycles. The number of hydrogen-bond donors (Lipinski definition) is 0. The zero-order chi connectivity index (χ0) is 40.8. The van der Waals surface area contributed by atoms with Crippen LogP contribution in [0.3, 0.4) is 0 Å². The van der Waals surface area contributed by atoms with Gasteiger partial charge in [-0.05, 0) is 119 Å². The summed E-state index contributed by atoms with van der Waals surface area (Å²) in [6.07, 6.45) is 27.9. The van der Waals surface area contributed by atoms with E-state index in [0.29, 0.717) is 0 Å². The van der Waals surface area contributed by atoms with E-state index in [-0.39, 0.29) is 58.7 Å². The minimum Gasteiger partial charge on any atom is -0.744 e. The molecule has 0 amide bonds. The van der Waals surface area contributed by atoms with E-state index in [1.54, 1.807) is 12.1 Å². The van der Waals surface area contributed by atoms with Crippen LogP contribution in [0, 0.1) is 0 Å². The van der Waals surface area contributed by atoms with Gasteiger partial charge in [-0.15, -0.1) is 0 Å². The average Bonchev–Trinajstić information content (AvgIpc) is 3.17. The summed E-state index contributed by atoms with van der Waals surface area (Å²) in [5.41, 5.74) is 4.59. The molecule has 0 aliphatic heterocycles. The maximum absolute atomic E-state index is 11.6. The number of benzene rings is 4. The molecule has 4 aromatic rings. The van der Waals surface area contributed by atoms with Crippen molar-refractivity contribution in [3.63, 3.8) is 0 Å². The van der Waals surface area contributed by atoms with Crippen LogP contribution in [0.15, 0.2) is 70.5 Å². The summed E-state index contributed by atoms with van der Waals surface area (Å²) in [6.45, 7) is 8.84. The molecule has 312 valence electrons. The Bertz CT molecular complexity index is 1830. The van der Waals surface area contributed by atoms with Crippen LogP contribution in [0.2, 0.25) is 0 Å². The van der Waals surface area contributed by atoms with Crippen LogP contribution in [0.1, 0.15) is 178 Å². The molecular formula is C48H70BaO6S2. The molecule has 0 atom stereocenters. The van der Waals surface area contributed by atoms with Crippen LogP contribution in [0.25, 0.3) is 21.5 Å². The zero-order valence-electron chi connectivity index (χ0n) is 35.7. The van der Waals surface area contributed by atoms with Crippen LogP contribution in [-0.4, -0.2) is 74.8 Å². The fourth-order valence-electron chi connectivity index (χ4n) is 7.62. The Labute approximate surface area is 387 Å². The van der Waals surface area contributed by atoms with Gasteiger partial charge in [0, 0.05) is 0 Å². The number of aryl methyl sites for hydroxylation is 4. The number of fused-ring (bicyclic) bond motifs is 2. The maximum Gasteiger partial charge on any atom is 2.00 e. The van der Waals surface area contributed by atoms with Crippen molar-refractivity contribution in [2.45, 2.75) is 192 Å². The summed E-state index contributed by atoms with van der Waals surface area (Å²) in [7, 11) is -8.88. The zero-order valence-corrected chi connectivity index (χ0v) is 41.8. The number of hydrogen-bond acceptors (Lipinski definition) is 6. The molecule has 4 aromatic carbocycles. The van der Waals surface area contributed by atoms with Crippen molar-refractivity contribution in [1.82, 2.24) is 0 Å². The van der Waals surface area contributed by atoms with Crippen LogP contribution >= 0.6 is 0 Å². The molecule has 0 radical (unpaired) electrons. The summed E-state index contributed by atoms with van der Waals surface area (Å²) in [5.74, 6) is 0. The van der Waals surface area contributed by atoms with Crippen molar-refractivity contribution in [1.29, 1.82) is 0 Å². The van der Waals surface area contributed by atoms with Crippen LogP contribution in [0.5, 0.6) is 0 Å². The fraction of sp³-hybridized carbons (Fsp3) is 0.583. The quantitative estimate of drug-likeness (QED) is 0.0352. The second kappa shape index (κ2) is 28.3. The molecule has 0 aromatic heterocycles. The molecule has 4 rings (SSSR count). The number of unbranched alkanes of at least 4 members (excludes halogenated alkanes) is 16. The van der Waals surface area contributed by atoms with Gasteiger partial charge in [-0.1, -0.05) is 167 Å². The molecule has 0 N–H and O–H groups in total. The van der Waals surface area contributed by atoms with E-state index in [0.717, 1.165) is 84.0 Å². The second-order valence-corrected chi connectivity index (χ2v) is 18.6. The van der Waals surface area contributed by atoms with Crippen molar-refractivity contribution in [2.24, 2.45) is 0 Å². The molecule has 9 heteroatoms. The summed E-state index contributed by atoms with van der Waals surface area (Å²) in [4.78, 5) is -0.202. The van der Waals surface area contributed by atoms with Crippen LogP contribution in [0.4, 0.5) is 0 Å². The molecule has 0 spiro atoms. The minimum atomic E-state index is -4.44. The van der Waals surface area contributed by atoms with Gasteiger partial charge < -0.3 is 9.11 Å². The minimum absolute atomic E-state index is 0. The van der Waals surface area contributed by atoms with E-state index < -0.39 is 20.2 Å². The first-order chi connectivity index (χ1) is 26.9. The summed E-state index contributed by atoms with van der Waals surface area (Å²) >= 11 is 0. The van der Waals surface area contributed by atoms with Gasteiger partial charge >= 0.3 is 48.9 Å². The van der Waals surface area contributed by atoms with Gasteiger partial charge in [0.1, 0.15) is 20.2 Å². The van der Waals surface area contributed by atoms with E-state index in [2.05, 4.69) is 52.0 Å². The molecule has 0 unspecified atom stereocenters. The van der Waals surface area contributed by atoms with E-state index in [4.69, 9.17) is 0 Å². The van der Waals surface area contributed by atoms with Gasteiger partial charge in [-0.25, -0.2) is 16.8 Å². The Hall–Kier alpha value is -1.21. The second-order valence-electron chi connectivity index (χ2n) is 15.8. The van der Waals surface area contributed by atoms with Gasteiger partial charge in [0.25, 0.3) is 0 Å². The smallest absolute Gasteiger partial charge is 0.744 e. The molecule has 0 aliphatic carbocycles. The van der Waals surface area contributed by atoms with Gasteiger partial charge in [0.15, 0.2) is 0 Å². The monoisotopic (exact) mass is 944 g/mol. The van der Waals surface area contributed by atoms with Gasteiger partial charge in [0.2, 0.25) is 0 Å². The topological polar surface area (TPSA) is 114 Å².